The van der Waals surface area contributed by atoms with Crippen molar-refractivity contribution in [1.29, 1.82) is 0 Å². The molecule has 0 spiro atoms. The van der Waals surface area contributed by atoms with Crippen LogP contribution >= 0.6 is 0 Å². The van der Waals surface area contributed by atoms with Gasteiger partial charge in [0, 0.05) is 6.04 Å². The Morgan fingerprint density at radius 1 is 1.80 bits per heavy atom. The molecule has 0 aromatic carbocycles. The highest BCUT2D eigenvalue weighted by Crippen LogP contribution is 1.91. The molecule has 60 valence electrons. The fraction of sp³-hybridized carbons (Fsp3) is 0.833. The van der Waals surface area contributed by atoms with Gasteiger partial charge in [0.2, 0.25) is 0 Å². The lowest BCUT2D eigenvalue weighted by Gasteiger charge is -2.06. The monoisotopic (exact) mass is 146 g/mol. The lowest BCUT2D eigenvalue weighted by Crippen LogP contribution is -2.27. The average molecular weight is 146 g/mol. The van der Waals surface area contributed by atoms with Gasteiger partial charge in [0.25, 0.3) is 0 Å². The van der Waals surface area contributed by atoms with Crippen molar-refractivity contribution < 1.29 is 9.90 Å². The predicted molar refractivity (Wildman–Crippen MR) is 38.8 cm³/mol. The summed E-state index contributed by atoms with van der Waals surface area (Å²) in [6, 6.07) is -0.218. The van der Waals surface area contributed by atoms with E-state index in [1.807, 2.05) is 7.05 Å². The van der Waals surface area contributed by atoms with E-state index in [0.717, 1.165) is 6.54 Å². The Kier molecular flexibility index (Phi) is 4.88. The minimum atomic E-state index is -0.830. The van der Waals surface area contributed by atoms with Crippen LogP contribution in [0.15, 0.2) is 0 Å². The van der Waals surface area contributed by atoms with E-state index >= 15 is 0 Å². The van der Waals surface area contributed by atoms with Gasteiger partial charge in [0.05, 0.1) is 6.42 Å². The summed E-state index contributed by atoms with van der Waals surface area (Å²) in [6.45, 7) is 0.772. The fourth-order valence-corrected chi connectivity index (χ4v) is 0.656. The second kappa shape index (κ2) is 5.20. The molecule has 0 rings (SSSR count). The van der Waals surface area contributed by atoms with E-state index < -0.39 is 5.97 Å². The minimum Gasteiger partial charge on any atom is -0.481 e. The van der Waals surface area contributed by atoms with Gasteiger partial charge in [-0.1, -0.05) is 0 Å². The summed E-state index contributed by atoms with van der Waals surface area (Å²) in [5, 5.41) is 11.2. The van der Waals surface area contributed by atoms with Gasteiger partial charge >= 0.3 is 5.97 Å². The van der Waals surface area contributed by atoms with Crippen LogP contribution in [0.4, 0.5) is 0 Å². The first-order valence-electron chi connectivity index (χ1n) is 3.28. The van der Waals surface area contributed by atoms with Crippen molar-refractivity contribution in [1.82, 2.24) is 5.32 Å². The molecule has 0 radical (unpaired) electrons. The van der Waals surface area contributed by atoms with Crippen LogP contribution in [0, 0.1) is 0 Å². The lowest BCUT2D eigenvalue weighted by atomic mass is 10.1. The Hall–Kier alpha value is -0.610. The van der Waals surface area contributed by atoms with Crippen molar-refractivity contribution >= 4 is 5.97 Å². The van der Waals surface area contributed by atoms with Crippen LogP contribution in [0.25, 0.3) is 0 Å². The standard InChI is InChI=1S/C6H14N2O2/c1-8-3-2-5(7)4-6(9)10/h5,8H,2-4,7H2,1H3,(H,9,10)/t5-/m1/s1. The van der Waals surface area contributed by atoms with Gasteiger partial charge in [-0.2, -0.15) is 0 Å². The Labute approximate surface area is 60.4 Å². The third-order valence-corrected chi connectivity index (χ3v) is 1.20. The zero-order valence-electron chi connectivity index (χ0n) is 6.13. The van der Waals surface area contributed by atoms with Crippen LogP contribution in [0.5, 0.6) is 0 Å². The summed E-state index contributed by atoms with van der Waals surface area (Å²) in [6.07, 6.45) is 0.768. The molecule has 0 aromatic rings. The number of carbonyl (C=O) groups is 1. The maximum atomic E-state index is 10.1. The number of carboxylic acids is 1. The number of hydrogen-bond donors (Lipinski definition) is 3. The predicted octanol–water partition coefficient (Wildman–Crippen LogP) is -0.602. The molecule has 0 aliphatic rings. The molecule has 0 aromatic heterocycles. The highest BCUT2D eigenvalue weighted by atomic mass is 16.4. The van der Waals surface area contributed by atoms with Gasteiger partial charge < -0.3 is 16.2 Å². The van der Waals surface area contributed by atoms with Gasteiger partial charge in [-0.3, -0.25) is 4.79 Å². The maximum absolute atomic E-state index is 10.1. The molecule has 4 heteroatoms. The van der Waals surface area contributed by atoms with E-state index in [-0.39, 0.29) is 12.5 Å². The summed E-state index contributed by atoms with van der Waals surface area (Å²) in [5.74, 6) is -0.830. The number of nitrogens with one attached hydrogen (secondary N) is 1. The van der Waals surface area contributed by atoms with Crippen molar-refractivity contribution in [2.45, 2.75) is 18.9 Å². The molecule has 0 saturated heterocycles. The molecule has 0 bridgehead atoms. The Balaban J connectivity index is 3.25. The average Bonchev–Trinajstić information content (AvgIpc) is 1.82. The summed E-state index contributed by atoms with van der Waals surface area (Å²) >= 11 is 0. The molecule has 0 fully saturated rings. The smallest absolute Gasteiger partial charge is 0.304 e. The van der Waals surface area contributed by atoms with E-state index in [4.69, 9.17) is 10.8 Å². The van der Waals surface area contributed by atoms with Gasteiger partial charge in [0.15, 0.2) is 0 Å². The molecule has 0 heterocycles. The minimum absolute atomic E-state index is 0.0572. The van der Waals surface area contributed by atoms with Crippen LogP contribution in [0.1, 0.15) is 12.8 Å². The van der Waals surface area contributed by atoms with Crippen LogP contribution in [-0.4, -0.2) is 30.7 Å². The number of hydrogen-bond acceptors (Lipinski definition) is 3. The molecule has 0 saturated carbocycles. The normalized spacial score (nSPS) is 13.0. The van der Waals surface area contributed by atoms with Gasteiger partial charge in [-0.15, -0.1) is 0 Å². The fourth-order valence-electron chi connectivity index (χ4n) is 0.656. The van der Waals surface area contributed by atoms with Crippen LogP contribution in [0.3, 0.4) is 0 Å². The Morgan fingerprint density at radius 3 is 2.80 bits per heavy atom. The second-order valence-electron chi connectivity index (χ2n) is 2.25. The van der Waals surface area contributed by atoms with Gasteiger partial charge in [-0.05, 0) is 20.0 Å². The van der Waals surface area contributed by atoms with Crippen molar-refractivity contribution in [3.63, 3.8) is 0 Å². The summed E-state index contributed by atoms with van der Waals surface area (Å²) in [5.41, 5.74) is 5.44. The highest BCUT2D eigenvalue weighted by Gasteiger charge is 2.05. The first-order chi connectivity index (χ1) is 4.66. The van der Waals surface area contributed by atoms with E-state index in [1.165, 1.54) is 0 Å². The third kappa shape index (κ3) is 5.53. The van der Waals surface area contributed by atoms with Crippen molar-refractivity contribution in [2.75, 3.05) is 13.6 Å². The first-order valence-corrected chi connectivity index (χ1v) is 3.28. The molecule has 0 unspecified atom stereocenters. The van der Waals surface area contributed by atoms with Crippen LogP contribution in [0.2, 0.25) is 0 Å². The number of rotatable bonds is 5. The second-order valence-corrected chi connectivity index (χ2v) is 2.25. The van der Waals surface area contributed by atoms with E-state index in [2.05, 4.69) is 5.32 Å². The molecule has 0 aliphatic heterocycles. The quantitative estimate of drug-likeness (QED) is 0.484. The molecular weight excluding hydrogens is 132 g/mol. The molecule has 4 nitrogen and oxygen atoms in total. The third-order valence-electron chi connectivity index (χ3n) is 1.20. The van der Waals surface area contributed by atoms with Crippen LogP contribution in [-0.2, 0) is 4.79 Å². The van der Waals surface area contributed by atoms with Gasteiger partial charge in [0.1, 0.15) is 0 Å². The molecular formula is C6H14N2O2. The van der Waals surface area contributed by atoms with Crippen molar-refractivity contribution in [3.8, 4) is 0 Å². The molecule has 1 atom stereocenters. The highest BCUT2D eigenvalue weighted by molar-refractivity contribution is 5.67. The molecule has 4 N–H and O–H groups in total. The first kappa shape index (κ1) is 9.39. The SMILES string of the molecule is CNCC[C@@H](N)CC(=O)O. The van der Waals surface area contributed by atoms with Crippen molar-refractivity contribution in [3.05, 3.63) is 0 Å². The molecule has 0 amide bonds. The van der Waals surface area contributed by atoms with E-state index in [1.54, 1.807) is 0 Å². The summed E-state index contributed by atoms with van der Waals surface area (Å²) in [4.78, 5) is 10.1. The number of carboxylic acid groups (broad SMARTS) is 1. The van der Waals surface area contributed by atoms with E-state index in [9.17, 15) is 4.79 Å². The topological polar surface area (TPSA) is 75.3 Å². The molecule has 0 aliphatic carbocycles. The summed E-state index contributed by atoms with van der Waals surface area (Å²) < 4.78 is 0. The largest absolute Gasteiger partial charge is 0.481 e. The number of aliphatic carboxylic acids is 1. The maximum Gasteiger partial charge on any atom is 0.304 e. The molecule has 10 heavy (non-hydrogen) atoms. The van der Waals surface area contributed by atoms with Crippen LogP contribution < -0.4 is 11.1 Å². The van der Waals surface area contributed by atoms with Crippen molar-refractivity contribution in [2.24, 2.45) is 5.73 Å². The summed E-state index contributed by atoms with van der Waals surface area (Å²) in [7, 11) is 1.81. The number of nitrogens with two attached hydrogens (primary N) is 1. The Morgan fingerprint density at radius 2 is 2.40 bits per heavy atom. The Bertz CT molecular complexity index is 106. The zero-order chi connectivity index (χ0) is 7.98. The van der Waals surface area contributed by atoms with Gasteiger partial charge in [-0.25, -0.2) is 0 Å². The van der Waals surface area contributed by atoms with E-state index in [0.29, 0.717) is 6.42 Å². The zero-order valence-corrected chi connectivity index (χ0v) is 6.13. The lowest BCUT2D eigenvalue weighted by molar-refractivity contribution is -0.137.